The molecule has 1 aromatic rings. The van der Waals surface area contributed by atoms with E-state index in [9.17, 15) is 18.8 Å². The van der Waals surface area contributed by atoms with Gasteiger partial charge in [-0.3, -0.25) is 4.79 Å². The number of unbranched alkanes of at least 4 members (excludes halogenated alkanes) is 1. The number of carbonyl (C=O) groups is 1. The lowest BCUT2D eigenvalue weighted by molar-refractivity contribution is -0.123. The Hall–Kier alpha value is -1.76. The number of ketones is 1. The van der Waals surface area contributed by atoms with Crippen LogP contribution in [0, 0.1) is 28.9 Å². The highest BCUT2D eigenvalue weighted by Gasteiger charge is 2.28. The van der Waals surface area contributed by atoms with Gasteiger partial charge >= 0.3 is 0 Å². The Labute approximate surface area is 118 Å². The molecule has 0 aliphatic rings. The number of hydrogen-bond acceptors (Lipinski definition) is 2. The number of benzene rings is 1. The molecule has 0 aromatic heterocycles. The van der Waals surface area contributed by atoms with Crippen molar-refractivity contribution >= 4 is 5.78 Å². The van der Waals surface area contributed by atoms with Crippen LogP contribution < -0.4 is 0 Å². The highest BCUT2D eigenvalue weighted by molar-refractivity contribution is 5.90. The van der Waals surface area contributed by atoms with Crippen molar-refractivity contribution < 1.29 is 13.6 Å². The maximum atomic E-state index is 13.7. The van der Waals surface area contributed by atoms with E-state index < -0.39 is 17.6 Å². The van der Waals surface area contributed by atoms with Crippen LogP contribution in [0.1, 0.15) is 51.0 Å². The number of nitriles is 1. The fourth-order valence-corrected chi connectivity index (χ4v) is 2.26. The molecule has 20 heavy (non-hydrogen) atoms. The maximum absolute atomic E-state index is 13.7. The van der Waals surface area contributed by atoms with E-state index in [1.165, 1.54) is 6.07 Å². The van der Waals surface area contributed by atoms with E-state index in [-0.39, 0.29) is 17.3 Å². The summed E-state index contributed by atoms with van der Waals surface area (Å²) in [4.78, 5) is 12.4. The summed E-state index contributed by atoms with van der Waals surface area (Å²) in [5.41, 5.74) is -0.0335. The summed E-state index contributed by atoms with van der Waals surface area (Å²) in [6.07, 6.45) is 3.19. The van der Waals surface area contributed by atoms with Crippen molar-refractivity contribution in [3.05, 3.63) is 35.4 Å². The van der Waals surface area contributed by atoms with Crippen molar-refractivity contribution in [3.8, 4) is 6.07 Å². The zero-order valence-electron chi connectivity index (χ0n) is 11.8. The summed E-state index contributed by atoms with van der Waals surface area (Å²) in [5.74, 6) is -3.22. The Kier molecular flexibility index (Phi) is 6.30. The Balaban J connectivity index is 3.00. The van der Waals surface area contributed by atoms with Gasteiger partial charge in [0.15, 0.2) is 5.78 Å². The summed E-state index contributed by atoms with van der Waals surface area (Å²) < 4.78 is 26.6. The summed E-state index contributed by atoms with van der Waals surface area (Å²) >= 11 is 0. The normalized spacial score (nSPS) is 13.6. The molecule has 0 saturated carbocycles. The van der Waals surface area contributed by atoms with Crippen molar-refractivity contribution in [2.24, 2.45) is 5.92 Å². The molecule has 0 spiro atoms. The average Bonchev–Trinajstić information content (AvgIpc) is 2.42. The van der Waals surface area contributed by atoms with Crippen LogP contribution >= 0.6 is 0 Å². The lowest BCUT2D eigenvalue weighted by Gasteiger charge is -2.17. The molecule has 0 radical (unpaired) electrons. The molecule has 2 nitrogen and oxygen atoms in total. The summed E-state index contributed by atoms with van der Waals surface area (Å²) in [6, 6.07) is 4.82. The Morgan fingerprint density at radius 1 is 1.35 bits per heavy atom. The molecule has 0 N–H and O–H groups in total. The minimum Gasteiger partial charge on any atom is -0.298 e. The first kappa shape index (κ1) is 16.3. The Bertz CT molecular complexity index is 508. The molecule has 0 aliphatic carbocycles. The van der Waals surface area contributed by atoms with Gasteiger partial charge < -0.3 is 0 Å². The summed E-state index contributed by atoms with van der Waals surface area (Å²) in [5, 5.41) is 9.18. The minimum atomic E-state index is -1.16. The monoisotopic (exact) mass is 279 g/mol. The number of nitrogens with zero attached hydrogens (tertiary/aromatic N) is 1. The second-order valence-electron chi connectivity index (χ2n) is 4.88. The molecule has 1 rings (SSSR count). The van der Waals surface area contributed by atoms with Crippen molar-refractivity contribution in [2.45, 2.75) is 45.4 Å². The summed E-state index contributed by atoms with van der Waals surface area (Å²) in [7, 11) is 0. The molecular weight excluding hydrogens is 260 g/mol. The van der Waals surface area contributed by atoms with Gasteiger partial charge in [-0.15, -0.1) is 0 Å². The van der Waals surface area contributed by atoms with E-state index in [4.69, 9.17) is 0 Å². The largest absolute Gasteiger partial charge is 0.298 e. The number of hydrogen-bond donors (Lipinski definition) is 0. The Morgan fingerprint density at radius 3 is 2.55 bits per heavy atom. The van der Waals surface area contributed by atoms with Crippen LogP contribution in [0.2, 0.25) is 0 Å². The molecular formula is C16H19F2NO. The van der Waals surface area contributed by atoms with Crippen LogP contribution in [0.4, 0.5) is 8.78 Å². The van der Waals surface area contributed by atoms with Gasteiger partial charge in [-0.1, -0.05) is 32.8 Å². The molecule has 2 atom stereocenters. The molecule has 0 saturated heterocycles. The van der Waals surface area contributed by atoms with E-state index in [1.807, 2.05) is 19.9 Å². The van der Waals surface area contributed by atoms with Crippen LogP contribution in [-0.4, -0.2) is 5.78 Å². The van der Waals surface area contributed by atoms with Gasteiger partial charge in [-0.2, -0.15) is 5.26 Å². The van der Waals surface area contributed by atoms with Gasteiger partial charge in [-0.05, 0) is 18.9 Å². The van der Waals surface area contributed by atoms with E-state index in [1.54, 1.807) is 0 Å². The molecule has 0 amide bonds. The van der Waals surface area contributed by atoms with E-state index in [2.05, 4.69) is 0 Å². The van der Waals surface area contributed by atoms with Gasteiger partial charge in [-0.25, -0.2) is 8.78 Å². The van der Waals surface area contributed by atoms with Crippen LogP contribution in [0.5, 0.6) is 0 Å². The quantitative estimate of drug-likeness (QED) is 0.744. The van der Waals surface area contributed by atoms with Crippen LogP contribution in [0.3, 0.4) is 0 Å². The molecule has 108 valence electrons. The van der Waals surface area contributed by atoms with Gasteiger partial charge in [0.1, 0.15) is 17.6 Å². The fourth-order valence-electron chi connectivity index (χ4n) is 2.26. The Morgan fingerprint density at radius 2 is 2.05 bits per heavy atom. The van der Waals surface area contributed by atoms with Gasteiger partial charge in [0.05, 0.1) is 6.07 Å². The second-order valence-corrected chi connectivity index (χ2v) is 4.88. The molecule has 2 unspecified atom stereocenters. The molecule has 1 aromatic carbocycles. The van der Waals surface area contributed by atoms with Crippen LogP contribution in [0.25, 0.3) is 0 Å². The third-order valence-electron chi connectivity index (χ3n) is 3.49. The predicted molar refractivity (Wildman–Crippen MR) is 73.0 cm³/mol. The first-order chi connectivity index (χ1) is 9.54. The molecule has 0 fully saturated rings. The third-order valence-corrected chi connectivity index (χ3v) is 3.49. The lowest BCUT2D eigenvalue weighted by Crippen LogP contribution is -2.22. The van der Waals surface area contributed by atoms with E-state index >= 15 is 0 Å². The zero-order chi connectivity index (χ0) is 15.1. The molecule has 4 heteroatoms. The van der Waals surface area contributed by atoms with Gasteiger partial charge in [0.2, 0.25) is 0 Å². The van der Waals surface area contributed by atoms with Crippen molar-refractivity contribution in [1.82, 2.24) is 0 Å². The number of carbonyl (C=O) groups excluding carboxylic acids is 1. The summed E-state index contributed by atoms with van der Waals surface area (Å²) in [6.45, 7) is 3.91. The molecule has 0 aliphatic heterocycles. The predicted octanol–water partition coefficient (Wildman–Crippen LogP) is 4.36. The standard InChI is InChI=1S/C16H19F2NO/c1-3-5-6-11(4-2)16(20)14(10-19)13-8-7-12(17)9-15(13)18/h7-9,11,14H,3-6H2,1-2H3. The van der Waals surface area contributed by atoms with E-state index in [0.717, 1.165) is 18.9 Å². The smallest absolute Gasteiger partial charge is 0.157 e. The molecule has 0 bridgehead atoms. The highest BCUT2D eigenvalue weighted by atomic mass is 19.1. The van der Waals surface area contributed by atoms with Crippen LogP contribution in [-0.2, 0) is 4.79 Å². The highest BCUT2D eigenvalue weighted by Crippen LogP contribution is 2.27. The number of halogens is 2. The first-order valence-electron chi connectivity index (χ1n) is 6.93. The minimum absolute atomic E-state index is 0.0335. The van der Waals surface area contributed by atoms with Gasteiger partial charge in [0, 0.05) is 17.5 Å². The fraction of sp³-hybridized carbons (Fsp3) is 0.500. The topological polar surface area (TPSA) is 40.9 Å². The van der Waals surface area contributed by atoms with Crippen molar-refractivity contribution in [1.29, 1.82) is 5.26 Å². The molecule has 0 heterocycles. The SMILES string of the molecule is CCCCC(CC)C(=O)C(C#N)c1ccc(F)cc1F. The van der Waals surface area contributed by atoms with Gasteiger partial charge in [0.25, 0.3) is 0 Å². The van der Waals surface area contributed by atoms with Crippen LogP contribution in [0.15, 0.2) is 18.2 Å². The second kappa shape index (κ2) is 7.74. The first-order valence-corrected chi connectivity index (χ1v) is 6.93. The lowest BCUT2D eigenvalue weighted by atomic mass is 9.84. The number of Topliss-reactive ketones (excluding diaryl/α,β-unsaturated/α-hetero) is 1. The van der Waals surface area contributed by atoms with Crippen molar-refractivity contribution in [3.63, 3.8) is 0 Å². The van der Waals surface area contributed by atoms with Crippen molar-refractivity contribution in [2.75, 3.05) is 0 Å². The average molecular weight is 279 g/mol. The maximum Gasteiger partial charge on any atom is 0.157 e. The number of rotatable bonds is 7. The van der Waals surface area contributed by atoms with E-state index in [0.29, 0.717) is 18.9 Å². The third kappa shape index (κ3) is 3.86. The zero-order valence-corrected chi connectivity index (χ0v) is 11.8.